The van der Waals surface area contributed by atoms with Gasteiger partial charge in [-0.1, -0.05) is 17.2 Å². The Kier molecular flexibility index (Phi) is 5.20. The Balaban J connectivity index is 1.79. The van der Waals surface area contributed by atoms with E-state index >= 15 is 0 Å². The highest BCUT2D eigenvalue weighted by atomic mass is 16.7. The van der Waals surface area contributed by atoms with Gasteiger partial charge in [-0.3, -0.25) is 0 Å². The zero-order chi connectivity index (χ0) is 17.1. The highest BCUT2D eigenvalue weighted by Crippen LogP contribution is 2.35. The van der Waals surface area contributed by atoms with Crippen LogP contribution in [0.1, 0.15) is 11.9 Å². The van der Waals surface area contributed by atoms with E-state index in [0.717, 1.165) is 11.3 Å². The molecule has 6 atom stereocenters. The normalized spacial score (nSPS) is 35.6. The standard InChI is InChI=1S/C15H19N3O6/c1-20-9-5-3-8(4-6-9)14-22-7-10-13(24-14)11(17-18-16)12(19)15(21-2)23-10/h3-6,10-15,19H,7H2,1-2H3/t10-,11-,12-,13-,14?,15-/m1/s1. The predicted octanol–water partition coefficient (Wildman–Crippen LogP) is 1.52. The van der Waals surface area contributed by atoms with E-state index in [2.05, 4.69) is 10.0 Å². The number of methoxy groups -OCH3 is 2. The molecule has 0 radical (unpaired) electrons. The van der Waals surface area contributed by atoms with E-state index in [0.29, 0.717) is 0 Å². The van der Waals surface area contributed by atoms with Crippen molar-refractivity contribution in [2.75, 3.05) is 20.8 Å². The fourth-order valence-corrected chi connectivity index (χ4v) is 2.90. The van der Waals surface area contributed by atoms with Gasteiger partial charge in [-0.25, -0.2) is 0 Å². The van der Waals surface area contributed by atoms with Gasteiger partial charge in [0.05, 0.1) is 19.8 Å². The second kappa shape index (κ2) is 7.35. The third-order valence-electron chi connectivity index (χ3n) is 4.14. The van der Waals surface area contributed by atoms with Crippen molar-refractivity contribution in [3.05, 3.63) is 40.3 Å². The van der Waals surface area contributed by atoms with Gasteiger partial charge >= 0.3 is 0 Å². The smallest absolute Gasteiger partial charge is 0.184 e. The number of hydrogen-bond acceptors (Lipinski definition) is 7. The van der Waals surface area contributed by atoms with Crippen molar-refractivity contribution < 1.29 is 28.8 Å². The van der Waals surface area contributed by atoms with Gasteiger partial charge in [-0.05, 0) is 17.7 Å². The molecule has 1 N–H and O–H groups in total. The van der Waals surface area contributed by atoms with Crippen molar-refractivity contribution in [1.82, 2.24) is 0 Å². The molecule has 3 rings (SSSR count). The van der Waals surface area contributed by atoms with Crippen molar-refractivity contribution in [1.29, 1.82) is 0 Å². The Hall–Kier alpha value is -1.87. The average molecular weight is 337 g/mol. The topological polar surface area (TPSA) is 115 Å². The number of aliphatic hydroxyl groups is 1. The summed E-state index contributed by atoms with van der Waals surface area (Å²) in [7, 11) is 3.00. The summed E-state index contributed by atoms with van der Waals surface area (Å²) < 4.78 is 27.4. The minimum atomic E-state index is -1.12. The fraction of sp³-hybridized carbons (Fsp3) is 0.600. The molecule has 9 nitrogen and oxygen atoms in total. The second-order valence-electron chi connectivity index (χ2n) is 5.50. The van der Waals surface area contributed by atoms with E-state index < -0.39 is 36.9 Å². The zero-order valence-corrected chi connectivity index (χ0v) is 13.3. The Morgan fingerprint density at radius 3 is 2.62 bits per heavy atom. The number of fused-ring (bicyclic) bond motifs is 1. The second-order valence-corrected chi connectivity index (χ2v) is 5.50. The number of rotatable bonds is 4. The summed E-state index contributed by atoms with van der Waals surface area (Å²) in [4.78, 5) is 2.81. The molecule has 1 aromatic carbocycles. The maximum absolute atomic E-state index is 10.3. The number of ether oxygens (including phenoxy) is 5. The van der Waals surface area contributed by atoms with Gasteiger partial charge in [0.1, 0.15) is 24.1 Å². The molecule has 0 aromatic heterocycles. The quantitative estimate of drug-likeness (QED) is 0.506. The molecule has 2 aliphatic rings. The lowest BCUT2D eigenvalue weighted by atomic mass is 9.96. The largest absolute Gasteiger partial charge is 0.497 e. The van der Waals surface area contributed by atoms with Crippen molar-refractivity contribution >= 4 is 0 Å². The Bertz CT molecular complexity index is 606. The van der Waals surface area contributed by atoms with E-state index in [4.69, 9.17) is 29.2 Å². The number of benzene rings is 1. The van der Waals surface area contributed by atoms with Crippen LogP contribution in [0, 0.1) is 0 Å². The monoisotopic (exact) mass is 337 g/mol. The molecule has 0 spiro atoms. The summed E-state index contributed by atoms with van der Waals surface area (Å²) in [6.45, 7) is 0.228. The molecule has 130 valence electrons. The van der Waals surface area contributed by atoms with Crippen LogP contribution in [0.25, 0.3) is 10.4 Å². The van der Waals surface area contributed by atoms with Crippen LogP contribution in [-0.2, 0) is 18.9 Å². The number of nitrogens with zero attached hydrogens (tertiary/aromatic N) is 3. The Morgan fingerprint density at radius 2 is 2.00 bits per heavy atom. The summed E-state index contributed by atoms with van der Waals surface area (Å²) in [6, 6.07) is 6.41. The van der Waals surface area contributed by atoms with E-state index in [1.54, 1.807) is 19.2 Å². The van der Waals surface area contributed by atoms with Crippen LogP contribution in [0.5, 0.6) is 5.75 Å². The van der Waals surface area contributed by atoms with E-state index in [-0.39, 0.29) is 6.61 Å². The van der Waals surface area contributed by atoms with Crippen LogP contribution >= 0.6 is 0 Å². The SMILES string of the molecule is COc1ccc(C2OC[C@H]3O[C@@H](OC)[C@H](O)[C@@H](N=[N+]=[N-])[C@@H]3O2)cc1. The molecule has 1 unspecified atom stereocenters. The highest BCUT2D eigenvalue weighted by Gasteiger charge is 2.49. The summed E-state index contributed by atoms with van der Waals surface area (Å²) in [5, 5.41) is 13.9. The average Bonchev–Trinajstić information content (AvgIpc) is 2.63. The van der Waals surface area contributed by atoms with Gasteiger partial charge in [0.15, 0.2) is 12.6 Å². The van der Waals surface area contributed by atoms with Crippen molar-refractivity contribution in [3.8, 4) is 5.75 Å². The number of aliphatic hydroxyl groups excluding tert-OH is 1. The molecule has 2 fully saturated rings. The molecule has 0 amide bonds. The van der Waals surface area contributed by atoms with Crippen LogP contribution in [-0.4, -0.2) is 56.6 Å². The Morgan fingerprint density at radius 1 is 1.25 bits per heavy atom. The van der Waals surface area contributed by atoms with Crippen LogP contribution < -0.4 is 4.74 Å². The molecule has 2 heterocycles. The van der Waals surface area contributed by atoms with Crippen LogP contribution in [0.2, 0.25) is 0 Å². The van der Waals surface area contributed by atoms with E-state index in [1.807, 2.05) is 12.1 Å². The third kappa shape index (κ3) is 3.18. The highest BCUT2D eigenvalue weighted by molar-refractivity contribution is 5.28. The molecule has 2 saturated heterocycles. The minimum absolute atomic E-state index is 0.228. The maximum atomic E-state index is 10.3. The summed E-state index contributed by atoms with van der Waals surface area (Å²) >= 11 is 0. The lowest BCUT2D eigenvalue weighted by Crippen LogP contribution is -2.61. The molecule has 1 aromatic rings. The van der Waals surface area contributed by atoms with Crippen molar-refractivity contribution in [2.45, 2.75) is 36.9 Å². The van der Waals surface area contributed by atoms with Crippen LogP contribution in [0.3, 0.4) is 0 Å². The van der Waals surface area contributed by atoms with Crippen LogP contribution in [0.4, 0.5) is 0 Å². The van der Waals surface area contributed by atoms with Gasteiger partial charge in [0.2, 0.25) is 0 Å². The van der Waals surface area contributed by atoms with Crippen LogP contribution in [0.15, 0.2) is 29.4 Å². The first-order valence-electron chi connectivity index (χ1n) is 7.49. The number of hydrogen-bond donors (Lipinski definition) is 1. The lowest BCUT2D eigenvalue weighted by molar-refractivity contribution is -0.337. The van der Waals surface area contributed by atoms with Gasteiger partial charge in [-0.15, -0.1) is 0 Å². The third-order valence-corrected chi connectivity index (χ3v) is 4.14. The van der Waals surface area contributed by atoms with Gasteiger partial charge in [-0.2, -0.15) is 0 Å². The number of azide groups is 1. The predicted molar refractivity (Wildman–Crippen MR) is 81.2 cm³/mol. The zero-order valence-electron chi connectivity index (χ0n) is 13.3. The van der Waals surface area contributed by atoms with Gasteiger partial charge in [0.25, 0.3) is 0 Å². The molecule has 2 aliphatic heterocycles. The first-order valence-corrected chi connectivity index (χ1v) is 7.49. The fourth-order valence-electron chi connectivity index (χ4n) is 2.90. The summed E-state index contributed by atoms with van der Waals surface area (Å²) in [5.74, 6) is 0.721. The molecule has 24 heavy (non-hydrogen) atoms. The van der Waals surface area contributed by atoms with Gasteiger partial charge < -0.3 is 28.8 Å². The maximum Gasteiger partial charge on any atom is 0.184 e. The first-order chi connectivity index (χ1) is 11.7. The van der Waals surface area contributed by atoms with Crippen molar-refractivity contribution in [3.63, 3.8) is 0 Å². The van der Waals surface area contributed by atoms with Gasteiger partial charge in [0, 0.05) is 17.6 Å². The summed E-state index contributed by atoms with van der Waals surface area (Å²) in [6.07, 6.45) is -3.80. The molecule has 0 saturated carbocycles. The Labute approximate surface area is 138 Å². The van der Waals surface area contributed by atoms with Crippen molar-refractivity contribution in [2.24, 2.45) is 5.11 Å². The molecular weight excluding hydrogens is 318 g/mol. The molecular formula is C15H19N3O6. The molecule has 0 bridgehead atoms. The molecule has 9 heteroatoms. The summed E-state index contributed by atoms with van der Waals surface area (Å²) in [5.41, 5.74) is 9.58. The minimum Gasteiger partial charge on any atom is -0.497 e. The van der Waals surface area contributed by atoms with E-state index in [1.165, 1.54) is 7.11 Å². The lowest BCUT2D eigenvalue weighted by Gasteiger charge is -2.46. The molecule has 0 aliphatic carbocycles. The first kappa shape index (κ1) is 17.0. The van der Waals surface area contributed by atoms with E-state index in [9.17, 15) is 5.11 Å².